The van der Waals surface area contributed by atoms with E-state index in [-0.39, 0.29) is 11.9 Å². The van der Waals surface area contributed by atoms with Crippen molar-refractivity contribution in [2.24, 2.45) is 0 Å². The van der Waals surface area contributed by atoms with Crippen LogP contribution in [-0.4, -0.2) is 62.9 Å². The van der Waals surface area contributed by atoms with Crippen molar-refractivity contribution in [2.75, 3.05) is 46.1 Å². The van der Waals surface area contributed by atoms with E-state index in [1.807, 2.05) is 0 Å². The molecule has 0 saturated carbocycles. The molecule has 1 N–H and O–H groups in total. The monoisotopic (exact) mass is 340 g/mol. The summed E-state index contributed by atoms with van der Waals surface area (Å²) in [5.41, 5.74) is 0.480. The highest BCUT2D eigenvalue weighted by atomic mass is 35.5. The molecule has 0 bridgehead atoms. The molecule has 0 aliphatic carbocycles. The summed E-state index contributed by atoms with van der Waals surface area (Å²) < 4.78 is 16.3. The van der Waals surface area contributed by atoms with Crippen LogP contribution in [0.25, 0.3) is 0 Å². The summed E-state index contributed by atoms with van der Waals surface area (Å²) in [7, 11) is 0. The third-order valence-corrected chi connectivity index (χ3v) is 4.37. The number of nitrogens with zero attached hydrogens (tertiary/aromatic N) is 1. The Morgan fingerprint density at radius 3 is 2.78 bits per heavy atom. The second kappa shape index (κ2) is 7.38. The first-order chi connectivity index (χ1) is 11.1. The molecule has 0 radical (unpaired) electrons. The third-order valence-electron chi connectivity index (χ3n) is 4.09. The Bertz CT molecular complexity index is 575. The summed E-state index contributed by atoms with van der Waals surface area (Å²) in [5.74, 6) is 0.871. The van der Waals surface area contributed by atoms with Crippen molar-refractivity contribution >= 4 is 17.5 Å². The number of halogens is 1. The molecule has 2 aliphatic heterocycles. The number of fused-ring (bicyclic) bond motifs is 1. The Kier molecular flexibility index (Phi) is 5.25. The minimum Gasteiger partial charge on any atom is -0.486 e. The number of carbonyl (C=O) groups is 1. The maximum absolute atomic E-state index is 12.4. The van der Waals surface area contributed by atoms with Gasteiger partial charge in [-0.15, -0.1) is 0 Å². The highest BCUT2D eigenvalue weighted by Gasteiger charge is 2.21. The van der Waals surface area contributed by atoms with Gasteiger partial charge in [0.05, 0.1) is 18.2 Å². The van der Waals surface area contributed by atoms with E-state index in [1.54, 1.807) is 12.1 Å². The number of hydrogen-bond donors (Lipinski definition) is 1. The van der Waals surface area contributed by atoms with Gasteiger partial charge in [-0.05, 0) is 19.1 Å². The zero-order valence-electron chi connectivity index (χ0n) is 13.1. The van der Waals surface area contributed by atoms with Gasteiger partial charge in [-0.25, -0.2) is 0 Å². The molecule has 6 nitrogen and oxygen atoms in total. The van der Waals surface area contributed by atoms with E-state index in [9.17, 15) is 4.79 Å². The van der Waals surface area contributed by atoms with Crippen LogP contribution in [-0.2, 0) is 4.74 Å². The normalized spacial score (nSPS) is 19.2. The van der Waals surface area contributed by atoms with E-state index in [4.69, 9.17) is 25.8 Å². The Morgan fingerprint density at radius 1 is 1.26 bits per heavy atom. The number of carbonyl (C=O) groups excluding carboxylic acids is 1. The molecule has 3 rings (SSSR count). The van der Waals surface area contributed by atoms with Gasteiger partial charge >= 0.3 is 0 Å². The van der Waals surface area contributed by atoms with E-state index in [1.165, 1.54) is 0 Å². The largest absolute Gasteiger partial charge is 0.486 e. The van der Waals surface area contributed by atoms with Crippen molar-refractivity contribution in [1.82, 2.24) is 10.2 Å². The molecule has 0 spiro atoms. The molecule has 0 aromatic heterocycles. The Balaban J connectivity index is 1.60. The quantitative estimate of drug-likeness (QED) is 0.901. The van der Waals surface area contributed by atoms with Gasteiger partial charge in [0.2, 0.25) is 0 Å². The molecule has 1 atom stereocenters. The number of morpholine rings is 1. The fourth-order valence-electron chi connectivity index (χ4n) is 2.73. The van der Waals surface area contributed by atoms with Crippen LogP contribution in [0.4, 0.5) is 0 Å². The lowest BCUT2D eigenvalue weighted by molar-refractivity contribution is 0.0204. The zero-order valence-corrected chi connectivity index (χ0v) is 13.9. The average Bonchev–Trinajstić information content (AvgIpc) is 2.60. The van der Waals surface area contributed by atoms with Crippen molar-refractivity contribution in [2.45, 2.75) is 13.0 Å². The van der Waals surface area contributed by atoms with Crippen LogP contribution in [0.2, 0.25) is 5.02 Å². The average molecular weight is 341 g/mol. The number of ether oxygens (including phenoxy) is 3. The molecule has 1 aromatic rings. The van der Waals surface area contributed by atoms with E-state index in [0.717, 1.165) is 26.3 Å². The SMILES string of the molecule is CC(CNC(=O)c1cc(Cl)c2c(c1)OCCO2)N1CCOCC1. The topological polar surface area (TPSA) is 60.0 Å². The van der Waals surface area contributed by atoms with Crippen molar-refractivity contribution < 1.29 is 19.0 Å². The van der Waals surface area contributed by atoms with E-state index < -0.39 is 0 Å². The molecule has 1 unspecified atom stereocenters. The van der Waals surface area contributed by atoms with Crippen LogP contribution in [0, 0.1) is 0 Å². The highest BCUT2D eigenvalue weighted by Crippen LogP contribution is 2.38. The van der Waals surface area contributed by atoms with Crippen LogP contribution in [0.5, 0.6) is 11.5 Å². The maximum atomic E-state index is 12.4. The molecular formula is C16H21ClN2O4. The lowest BCUT2D eigenvalue weighted by Gasteiger charge is -2.32. The van der Waals surface area contributed by atoms with E-state index >= 15 is 0 Å². The van der Waals surface area contributed by atoms with Crippen LogP contribution < -0.4 is 14.8 Å². The highest BCUT2D eigenvalue weighted by molar-refractivity contribution is 6.32. The molecule has 126 valence electrons. The fraction of sp³-hybridized carbons (Fsp3) is 0.562. The van der Waals surface area contributed by atoms with Gasteiger partial charge in [0, 0.05) is 31.2 Å². The number of hydrogen-bond acceptors (Lipinski definition) is 5. The lowest BCUT2D eigenvalue weighted by Crippen LogP contribution is -2.47. The fourth-order valence-corrected chi connectivity index (χ4v) is 3.00. The summed E-state index contributed by atoms with van der Waals surface area (Å²) in [4.78, 5) is 14.7. The summed E-state index contributed by atoms with van der Waals surface area (Å²) in [6.45, 7) is 6.89. The molecule has 23 heavy (non-hydrogen) atoms. The minimum absolute atomic E-state index is 0.163. The van der Waals surface area contributed by atoms with Gasteiger partial charge in [0.15, 0.2) is 11.5 Å². The predicted octanol–water partition coefficient (Wildman–Crippen LogP) is 1.56. The standard InChI is InChI=1S/C16H21ClN2O4/c1-11(19-2-4-21-5-3-19)10-18-16(20)12-8-13(17)15-14(9-12)22-6-7-23-15/h8-9,11H,2-7,10H2,1H3,(H,18,20). The predicted molar refractivity (Wildman–Crippen MR) is 86.6 cm³/mol. The van der Waals surface area contributed by atoms with Gasteiger partial charge in [-0.2, -0.15) is 0 Å². The van der Waals surface area contributed by atoms with Gasteiger partial charge < -0.3 is 19.5 Å². The summed E-state index contributed by atoms with van der Waals surface area (Å²) in [6, 6.07) is 3.55. The first-order valence-electron chi connectivity index (χ1n) is 7.84. The molecule has 1 saturated heterocycles. The van der Waals surface area contributed by atoms with Gasteiger partial charge in [0.1, 0.15) is 13.2 Å². The minimum atomic E-state index is -0.163. The van der Waals surface area contributed by atoms with Gasteiger partial charge in [-0.1, -0.05) is 11.6 Å². The maximum Gasteiger partial charge on any atom is 0.251 e. The summed E-state index contributed by atoms with van der Waals surface area (Å²) >= 11 is 6.17. The van der Waals surface area contributed by atoms with Gasteiger partial charge in [0.25, 0.3) is 5.91 Å². The Labute approximate surface area is 140 Å². The smallest absolute Gasteiger partial charge is 0.251 e. The van der Waals surface area contributed by atoms with Crippen molar-refractivity contribution in [3.63, 3.8) is 0 Å². The van der Waals surface area contributed by atoms with Crippen LogP contribution in [0.1, 0.15) is 17.3 Å². The first-order valence-corrected chi connectivity index (χ1v) is 8.22. The third kappa shape index (κ3) is 3.88. The Hall–Kier alpha value is -1.50. The number of amides is 1. The zero-order chi connectivity index (χ0) is 16.2. The second-order valence-electron chi connectivity index (χ2n) is 5.69. The second-order valence-corrected chi connectivity index (χ2v) is 6.10. The van der Waals surface area contributed by atoms with Crippen LogP contribution in [0.3, 0.4) is 0 Å². The van der Waals surface area contributed by atoms with Crippen molar-refractivity contribution in [3.05, 3.63) is 22.7 Å². The number of nitrogens with one attached hydrogen (secondary N) is 1. The van der Waals surface area contributed by atoms with Crippen molar-refractivity contribution in [3.8, 4) is 11.5 Å². The molecule has 1 aromatic carbocycles. The van der Waals surface area contributed by atoms with Crippen LogP contribution in [0.15, 0.2) is 12.1 Å². The first kappa shape index (κ1) is 16.4. The Morgan fingerprint density at radius 2 is 2.00 bits per heavy atom. The molecular weight excluding hydrogens is 320 g/mol. The number of benzene rings is 1. The van der Waals surface area contributed by atoms with E-state index in [0.29, 0.717) is 41.8 Å². The van der Waals surface area contributed by atoms with Gasteiger partial charge in [-0.3, -0.25) is 9.69 Å². The lowest BCUT2D eigenvalue weighted by atomic mass is 10.1. The van der Waals surface area contributed by atoms with Crippen molar-refractivity contribution in [1.29, 1.82) is 0 Å². The van der Waals surface area contributed by atoms with Crippen LogP contribution >= 0.6 is 11.6 Å². The van der Waals surface area contributed by atoms with E-state index in [2.05, 4.69) is 17.1 Å². The summed E-state index contributed by atoms with van der Waals surface area (Å²) in [5, 5.41) is 3.35. The number of rotatable bonds is 4. The molecule has 7 heteroatoms. The molecule has 1 amide bonds. The summed E-state index contributed by atoms with van der Waals surface area (Å²) in [6.07, 6.45) is 0. The molecule has 1 fully saturated rings. The molecule has 2 heterocycles. The molecule has 2 aliphatic rings.